The Morgan fingerprint density at radius 3 is 2.71 bits per heavy atom. The molecule has 0 aliphatic carbocycles. The molecule has 0 atom stereocenters. The number of ether oxygens (including phenoxy) is 1. The van der Waals surface area contributed by atoms with E-state index >= 15 is 0 Å². The van der Waals surface area contributed by atoms with Crippen LogP contribution in [0.3, 0.4) is 0 Å². The fourth-order valence-corrected chi connectivity index (χ4v) is 4.50. The second-order valence-electron chi connectivity index (χ2n) is 6.90. The highest BCUT2D eigenvalue weighted by molar-refractivity contribution is 7.16. The van der Waals surface area contributed by atoms with Crippen molar-refractivity contribution in [1.82, 2.24) is 24.4 Å². The van der Waals surface area contributed by atoms with Crippen LogP contribution >= 0.6 is 11.3 Å². The molecule has 0 saturated carbocycles. The number of hydrogen-bond acceptors (Lipinski definition) is 7. The lowest BCUT2D eigenvalue weighted by Crippen LogP contribution is -2.37. The molecule has 9 heteroatoms. The molecule has 8 nitrogen and oxygen atoms in total. The Morgan fingerprint density at radius 2 is 1.93 bits per heavy atom. The highest BCUT2D eigenvalue weighted by atomic mass is 32.1. The first-order valence-electron chi connectivity index (χ1n) is 9.26. The Balaban J connectivity index is 1.35. The third kappa shape index (κ3) is 3.06. The van der Waals surface area contributed by atoms with E-state index < -0.39 is 0 Å². The van der Waals surface area contributed by atoms with E-state index in [9.17, 15) is 4.79 Å². The molecule has 28 heavy (non-hydrogen) atoms. The van der Waals surface area contributed by atoms with Crippen molar-refractivity contribution in [3.8, 4) is 5.13 Å². The quantitative estimate of drug-likeness (QED) is 0.674. The van der Waals surface area contributed by atoms with Crippen LogP contribution in [0.15, 0.2) is 30.7 Å². The number of aryl methyl sites for hydroxylation is 1. The maximum Gasteiger partial charge on any atom is 0.266 e. The van der Waals surface area contributed by atoms with Crippen molar-refractivity contribution in [2.75, 3.05) is 31.2 Å². The molecule has 1 amide bonds. The molecule has 1 saturated heterocycles. The van der Waals surface area contributed by atoms with E-state index in [-0.39, 0.29) is 5.91 Å². The Morgan fingerprint density at radius 1 is 1.14 bits per heavy atom. The molecule has 1 fully saturated rings. The normalized spacial score (nSPS) is 16.5. The average molecular weight is 396 g/mol. The van der Waals surface area contributed by atoms with Gasteiger partial charge in [0.2, 0.25) is 5.95 Å². The van der Waals surface area contributed by atoms with Crippen molar-refractivity contribution >= 4 is 23.2 Å². The zero-order chi connectivity index (χ0) is 19.1. The van der Waals surface area contributed by atoms with Gasteiger partial charge in [-0.15, -0.1) is 0 Å². The largest absolute Gasteiger partial charge is 0.378 e. The molecule has 0 unspecified atom stereocenters. The van der Waals surface area contributed by atoms with E-state index in [0.29, 0.717) is 31.2 Å². The smallest absolute Gasteiger partial charge is 0.266 e. The Hall–Kier alpha value is -2.78. The number of fused-ring (bicyclic) bond motifs is 1. The van der Waals surface area contributed by atoms with Crippen molar-refractivity contribution in [3.63, 3.8) is 0 Å². The Labute approximate surface area is 166 Å². The molecule has 2 aliphatic heterocycles. The third-order valence-corrected chi connectivity index (χ3v) is 6.19. The molecule has 144 valence electrons. The van der Waals surface area contributed by atoms with Gasteiger partial charge in [-0.05, 0) is 19.1 Å². The summed E-state index contributed by atoms with van der Waals surface area (Å²) in [4.78, 5) is 31.5. The molecule has 5 heterocycles. The molecule has 0 radical (unpaired) electrons. The maximum absolute atomic E-state index is 13.1. The van der Waals surface area contributed by atoms with E-state index in [4.69, 9.17) is 9.72 Å². The van der Waals surface area contributed by atoms with Crippen molar-refractivity contribution in [2.45, 2.75) is 20.0 Å². The maximum atomic E-state index is 13.1. The molecule has 0 bridgehead atoms. The predicted octanol–water partition coefficient (Wildman–Crippen LogP) is 2.02. The predicted molar refractivity (Wildman–Crippen MR) is 105 cm³/mol. The van der Waals surface area contributed by atoms with Crippen molar-refractivity contribution in [3.05, 3.63) is 52.6 Å². The van der Waals surface area contributed by atoms with Crippen LogP contribution in [0.25, 0.3) is 5.13 Å². The lowest BCUT2D eigenvalue weighted by atomic mass is 10.3. The zero-order valence-electron chi connectivity index (χ0n) is 15.5. The first-order valence-corrected chi connectivity index (χ1v) is 10.1. The highest BCUT2D eigenvalue weighted by Crippen LogP contribution is 2.28. The summed E-state index contributed by atoms with van der Waals surface area (Å²) in [6.07, 6.45) is 5.72. The summed E-state index contributed by atoms with van der Waals surface area (Å²) in [5, 5.41) is 0.803. The van der Waals surface area contributed by atoms with E-state index in [0.717, 1.165) is 41.1 Å². The number of carbonyl (C=O) groups is 1. The number of carbonyl (C=O) groups excluding carboxylic acids is 1. The fourth-order valence-electron chi connectivity index (χ4n) is 3.50. The number of nitrogens with zero attached hydrogens (tertiary/aromatic N) is 6. The molecule has 2 aliphatic rings. The topological polar surface area (TPSA) is 76.4 Å². The summed E-state index contributed by atoms with van der Waals surface area (Å²) in [5.41, 5.74) is 2.70. The minimum atomic E-state index is -0.000622. The summed E-state index contributed by atoms with van der Waals surface area (Å²) in [5.74, 6) is 0.722. The Bertz CT molecular complexity index is 1010. The first kappa shape index (κ1) is 17.3. The number of aromatic nitrogens is 4. The van der Waals surface area contributed by atoms with Crippen LogP contribution < -0.4 is 4.90 Å². The number of hydrogen-bond donors (Lipinski definition) is 0. The third-order valence-electron chi connectivity index (χ3n) is 5.03. The number of thiazole rings is 1. The van der Waals surface area contributed by atoms with Gasteiger partial charge in [0.25, 0.3) is 5.91 Å². The van der Waals surface area contributed by atoms with Crippen molar-refractivity contribution < 1.29 is 9.53 Å². The molecular formula is C19H20N6O2S. The average Bonchev–Trinajstić information content (AvgIpc) is 3.46. The summed E-state index contributed by atoms with van der Waals surface area (Å²) in [6.45, 7) is 5.90. The molecule has 0 spiro atoms. The van der Waals surface area contributed by atoms with Crippen LogP contribution in [0.2, 0.25) is 0 Å². The number of rotatable bonds is 3. The number of amides is 1. The number of anilines is 1. The van der Waals surface area contributed by atoms with Gasteiger partial charge in [-0.2, -0.15) is 0 Å². The summed E-state index contributed by atoms with van der Waals surface area (Å²) >= 11 is 1.42. The standard InChI is InChI=1S/C19H20N6O2S/c1-13-16(28-19(21-13)24-4-2-3-5-24)17(26)25-11-14-10-20-18(22-15(14)12-25)23-6-8-27-9-7-23/h2-5,10H,6-9,11-12H2,1H3. The van der Waals surface area contributed by atoms with Gasteiger partial charge in [-0.25, -0.2) is 15.0 Å². The lowest BCUT2D eigenvalue weighted by molar-refractivity contribution is 0.0754. The van der Waals surface area contributed by atoms with Gasteiger partial charge < -0.3 is 19.1 Å². The Kier molecular flexibility index (Phi) is 4.33. The molecule has 5 rings (SSSR count). The van der Waals surface area contributed by atoms with Crippen LogP contribution in [-0.2, 0) is 17.8 Å². The van der Waals surface area contributed by atoms with E-state index in [1.165, 1.54) is 11.3 Å². The van der Waals surface area contributed by atoms with Gasteiger partial charge in [0, 0.05) is 43.8 Å². The molecule has 0 aromatic carbocycles. The highest BCUT2D eigenvalue weighted by Gasteiger charge is 2.29. The minimum Gasteiger partial charge on any atom is -0.378 e. The van der Waals surface area contributed by atoms with Crippen LogP contribution in [0.5, 0.6) is 0 Å². The van der Waals surface area contributed by atoms with Gasteiger partial charge in [0.05, 0.1) is 31.1 Å². The van der Waals surface area contributed by atoms with Gasteiger partial charge >= 0.3 is 0 Å². The van der Waals surface area contributed by atoms with Crippen LogP contribution in [0.4, 0.5) is 5.95 Å². The molecule has 3 aromatic heterocycles. The molecule has 0 N–H and O–H groups in total. The summed E-state index contributed by atoms with van der Waals surface area (Å²) < 4.78 is 7.32. The second kappa shape index (κ2) is 6.99. The first-order chi connectivity index (χ1) is 13.7. The summed E-state index contributed by atoms with van der Waals surface area (Å²) in [7, 11) is 0. The van der Waals surface area contributed by atoms with Gasteiger partial charge in [0.1, 0.15) is 4.88 Å². The summed E-state index contributed by atoms with van der Waals surface area (Å²) in [6, 6.07) is 3.89. The minimum absolute atomic E-state index is 0.000622. The van der Waals surface area contributed by atoms with Crippen LogP contribution in [0.1, 0.15) is 26.6 Å². The van der Waals surface area contributed by atoms with E-state index in [2.05, 4.69) is 14.9 Å². The number of morpholine rings is 1. The van der Waals surface area contributed by atoms with Crippen molar-refractivity contribution in [1.29, 1.82) is 0 Å². The lowest BCUT2D eigenvalue weighted by Gasteiger charge is -2.26. The van der Waals surface area contributed by atoms with E-state index in [1.807, 2.05) is 47.1 Å². The van der Waals surface area contributed by atoms with Crippen LogP contribution in [0, 0.1) is 6.92 Å². The van der Waals surface area contributed by atoms with E-state index in [1.54, 1.807) is 0 Å². The van der Waals surface area contributed by atoms with Crippen LogP contribution in [-0.4, -0.2) is 56.6 Å². The van der Waals surface area contributed by atoms with Gasteiger partial charge in [-0.1, -0.05) is 11.3 Å². The monoisotopic (exact) mass is 396 g/mol. The zero-order valence-corrected chi connectivity index (χ0v) is 16.4. The molecular weight excluding hydrogens is 376 g/mol. The second-order valence-corrected chi connectivity index (χ2v) is 7.88. The van der Waals surface area contributed by atoms with Gasteiger partial charge in [0.15, 0.2) is 5.13 Å². The molecule has 3 aromatic rings. The SMILES string of the molecule is Cc1nc(-n2cccc2)sc1C(=O)N1Cc2cnc(N3CCOCC3)nc2C1. The van der Waals surface area contributed by atoms with Crippen molar-refractivity contribution in [2.24, 2.45) is 0 Å². The van der Waals surface area contributed by atoms with Gasteiger partial charge in [-0.3, -0.25) is 4.79 Å². The fraction of sp³-hybridized carbons (Fsp3) is 0.368.